The average Bonchev–Trinajstić information content (AvgIpc) is 2.84. The number of fused-ring (bicyclic) bond motifs is 1. The van der Waals surface area contributed by atoms with Crippen LogP contribution in [-0.4, -0.2) is 67.9 Å². The van der Waals surface area contributed by atoms with Gasteiger partial charge in [0.05, 0.1) is 6.61 Å². The number of carbonyl (C=O) groups is 1. The number of rotatable bonds is 4. The lowest BCUT2D eigenvalue weighted by atomic mass is 10.0. The molecular formula is C18H26N2O2S. The largest absolute Gasteiger partial charge is 0.383 e. The summed E-state index contributed by atoms with van der Waals surface area (Å²) in [6, 6.07) is 8.44. The zero-order chi connectivity index (χ0) is 16.1. The van der Waals surface area contributed by atoms with E-state index in [1.165, 1.54) is 11.1 Å². The lowest BCUT2D eigenvalue weighted by molar-refractivity contribution is -0.130. The van der Waals surface area contributed by atoms with Crippen molar-refractivity contribution in [3.05, 3.63) is 35.4 Å². The number of ether oxygens (including phenoxy) is 1. The van der Waals surface area contributed by atoms with E-state index < -0.39 is 0 Å². The Kier molecular flexibility index (Phi) is 5.97. The van der Waals surface area contributed by atoms with Crippen molar-refractivity contribution in [3.63, 3.8) is 0 Å². The zero-order valence-corrected chi connectivity index (χ0v) is 14.7. The first-order chi connectivity index (χ1) is 11.3. The molecule has 4 nitrogen and oxygen atoms in total. The number of carbonyl (C=O) groups excluding carboxylic acids is 1. The Balaban J connectivity index is 1.65. The Labute approximate surface area is 143 Å². The van der Waals surface area contributed by atoms with Crippen LogP contribution in [0.25, 0.3) is 0 Å². The molecule has 0 saturated carbocycles. The highest BCUT2D eigenvalue weighted by atomic mass is 32.2. The minimum atomic E-state index is -0.00882. The maximum absolute atomic E-state index is 13.1. The number of thioether (sulfide) groups is 1. The first-order valence-corrected chi connectivity index (χ1v) is 9.54. The molecule has 1 aromatic rings. The third-order valence-electron chi connectivity index (χ3n) is 4.73. The first-order valence-electron chi connectivity index (χ1n) is 8.49. The van der Waals surface area contributed by atoms with Gasteiger partial charge in [0.15, 0.2) is 0 Å². The van der Waals surface area contributed by atoms with Crippen molar-refractivity contribution < 1.29 is 9.53 Å². The SMILES string of the molecule is COCCN1CCCN(C(=O)[C@@H]2SCCc3ccccc32)CC1. The van der Waals surface area contributed by atoms with Crippen molar-refractivity contribution in [1.82, 2.24) is 9.80 Å². The molecule has 1 saturated heterocycles. The van der Waals surface area contributed by atoms with Crippen LogP contribution in [0.5, 0.6) is 0 Å². The number of benzene rings is 1. The molecule has 0 aliphatic carbocycles. The van der Waals surface area contributed by atoms with E-state index in [4.69, 9.17) is 4.74 Å². The molecule has 2 aliphatic heterocycles. The first kappa shape index (κ1) is 16.8. The summed E-state index contributed by atoms with van der Waals surface area (Å²) in [4.78, 5) is 17.5. The van der Waals surface area contributed by atoms with Gasteiger partial charge >= 0.3 is 0 Å². The Morgan fingerprint density at radius 2 is 2.13 bits per heavy atom. The van der Waals surface area contributed by atoms with Gasteiger partial charge in [0.2, 0.25) is 5.91 Å². The molecule has 0 bridgehead atoms. The molecule has 0 N–H and O–H groups in total. The Bertz CT molecular complexity index is 538. The second-order valence-corrected chi connectivity index (χ2v) is 7.43. The van der Waals surface area contributed by atoms with Crippen LogP contribution in [0.3, 0.4) is 0 Å². The predicted molar refractivity (Wildman–Crippen MR) is 94.9 cm³/mol. The van der Waals surface area contributed by atoms with Gasteiger partial charge < -0.3 is 9.64 Å². The summed E-state index contributed by atoms with van der Waals surface area (Å²) in [7, 11) is 1.74. The molecule has 0 spiro atoms. The summed E-state index contributed by atoms with van der Waals surface area (Å²) in [6.45, 7) is 5.44. The third kappa shape index (κ3) is 4.08. The van der Waals surface area contributed by atoms with Crippen molar-refractivity contribution in [2.24, 2.45) is 0 Å². The van der Waals surface area contributed by atoms with E-state index in [1.807, 2.05) is 0 Å². The lowest BCUT2D eigenvalue weighted by Gasteiger charge is -2.30. The fourth-order valence-electron chi connectivity index (χ4n) is 3.40. The van der Waals surface area contributed by atoms with Gasteiger partial charge in [-0.2, -0.15) is 0 Å². The summed E-state index contributed by atoms with van der Waals surface area (Å²) >= 11 is 1.80. The second-order valence-electron chi connectivity index (χ2n) is 6.21. The molecule has 1 amide bonds. The summed E-state index contributed by atoms with van der Waals surface area (Å²) in [6.07, 6.45) is 2.13. The van der Waals surface area contributed by atoms with Gasteiger partial charge in [-0.3, -0.25) is 9.69 Å². The minimum absolute atomic E-state index is 0.00882. The molecule has 0 aromatic heterocycles. The van der Waals surface area contributed by atoms with E-state index in [2.05, 4.69) is 34.1 Å². The normalized spacial score (nSPS) is 22.5. The summed E-state index contributed by atoms with van der Waals surface area (Å²) in [5.74, 6) is 1.34. The number of nitrogens with zero attached hydrogens (tertiary/aromatic N) is 2. The molecule has 23 heavy (non-hydrogen) atoms. The summed E-state index contributed by atoms with van der Waals surface area (Å²) in [5, 5.41) is -0.00882. The van der Waals surface area contributed by atoms with Gasteiger partial charge in [0, 0.05) is 33.3 Å². The molecule has 1 fully saturated rings. The molecule has 1 aromatic carbocycles. The maximum atomic E-state index is 13.1. The highest BCUT2D eigenvalue weighted by Crippen LogP contribution is 2.38. The molecule has 5 heteroatoms. The Hall–Kier alpha value is -1.04. The Morgan fingerprint density at radius 3 is 3.00 bits per heavy atom. The molecule has 1 atom stereocenters. The summed E-state index contributed by atoms with van der Waals surface area (Å²) in [5.41, 5.74) is 2.58. The van der Waals surface area contributed by atoms with E-state index in [0.717, 1.165) is 57.9 Å². The van der Waals surface area contributed by atoms with Gasteiger partial charge in [-0.05, 0) is 36.3 Å². The fraction of sp³-hybridized carbons (Fsp3) is 0.611. The predicted octanol–water partition coefficient (Wildman–Crippen LogP) is 2.20. The van der Waals surface area contributed by atoms with Crippen LogP contribution in [0.1, 0.15) is 22.8 Å². The highest BCUT2D eigenvalue weighted by molar-refractivity contribution is 8.00. The van der Waals surface area contributed by atoms with E-state index in [9.17, 15) is 4.79 Å². The molecule has 126 valence electrons. The van der Waals surface area contributed by atoms with Gasteiger partial charge in [-0.1, -0.05) is 24.3 Å². The molecule has 0 radical (unpaired) electrons. The smallest absolute Gasteiger partial charge is 0.240 e. The minimum Gasteiger partial charge on any atom is -0.383 e. The van der Waals surface area contributed by atoms with Crippen LogP contribution in [0.15, 0.2) is 24.3 Å². The maximum Gasteiger partial charge on any atom is 0.240 e. The quantitative estimate of drug-likeness (QED) is 0.845. The van der Waals surface area contributed by atoms with Gasteiger partial charge in [-0.15, -0.1) is 11.8 Å². The number of amides is 1. The van der Waals surface area contributed by atoms with Crippen molar-refractivity contribution in [2.45, 2.75) is 18.1 Å². The third-order valence-corrected chi connectivity index (χ3v) is 5.96. The van der Waals surface area contributed by atoms with Crippen molar-refractivity contribution in [3.8, 4) is 0 Å². The number of methoxy groups -OCH3 is 1. The molecule has 0 unspecified atom stereocenters. The van der Waals surface area contributed by atoms with Gasteiger partial charge in [0.1, 0.15) is 5.25 Å². The standard InChI is InChI=1S/C18H26N2O2S/c1-22-13-12-19-8-4-9-20(11-10-19)18(21)17-16-6-3-2-5-15(16)7-14-23-17/h2-3,5-6,17H,4,7-14H2,1H3/t17-/m1/s1. The monoisotopic (exact) mass is 334 g/mol. The average molecular weight is 334 g/mol. The van der Waals surface area contributed by atoms with E-state index in [-0.39, 0.29) is 5.25 Å². The van der Waals surface area contributed by atoms with Crippen molar-refractivity contribution >= 4 is 17.7 Å². The topological polar surface area (TPSA) is 32.8 Å². The molecule has 3 rings (SSSR count). The van der Waals surface area contributed by atoms with Crippen molar-refractivity contribution in [1.29, 1.82) is 0 Å². The lowest BCUT2D eigenvalue weighted by Crippen LogP contribution is -2.38. The molecule has 2 aliphatic rings. The fourth-order valence-corrected chi connectivity index (χ4v) is 4.67. The van der Waals surface area contributed by atoms with Crippen LogP contribution in [0.4, 0.5) is 0 Å². The number of aryl methyl sites for hydroxylation is 1. The van der Waals surface area contributed by atoms with Crippen LogP contribution >= 0.6 is 11.8 Å². The van der Waals surface area contributed by atoms with Crippen LogP contribution < -0.4 is 0 Å². The van der Waals surface area contributed by atoms with Crippen LogP contribution in [-0.2, 0) is 16.0 Å². The highest BCUT2D eigenvalue weighted by Gasteiger charge is 2.31. The summed E-state index contributed by atoms with van der Waals surface area (Å²) < 4.78 is 5.17. The van der Waals surface area contributed by atoms with Crippen LogP contribution in [0, 0.1) is 0 Å². The number of hydrogen-bond acceptors (Lipinski definition) is 4. The molecule has 2 heterocycles. The zero-order valence-electron chi connectivity index (χ0n) is 13.9. The van der Waals surface area contributed by atoms with Gasteiger partial charge in [-0.25, -0.2) is 0 Å². The van der Waals surface area contributed by atoms with Gasteiger partial charge in [0.25, 0.3) is 0 Å². The van der Waals surface area contributed by atoms with E-state index in [1.54, 1.807) is 18.9 Å². The number of hydrogen-bond donors (Lipinski definition) is 0. The van der Waals surface area contributed by atoms with E-state index >= 15 is 0 Å². The molecular weight excluding hydrogens is 308 g/mol. The van der Waals surface area contributed by atoms with Crippen molar-refractivity contribution in [2.75, 3.05) is 52.2 Å². The second kappa shape index (κ2) is 8.18. The van der Waals surface area contributed by atoms with Crippen LogP contribution in [0.2, 0.25) is 0 Å². The Morgan fingerprint density at radius 1 is 1.26 bits per heavy atom. The van der Waals surface area contributed by atoms with E-state index in [0.29, 0.717) is 5.91 Å².